The second kappa shape index (κ2) is 4.06. The number of carbonyl (C=O) groups is 1. The fourth-order valence-corrected chi connectivity index (χ4v) is 1.14. The van der Waals surface area contributed by atoms with Crippen LogP contribution in [0.2, 0.25) is 0 Å². The fourth-order valence-electron chi connectivity index (χ4n) is 1.14. The van der Waals surface area contributed by atoms with E-state index in [9.17, 15) is 9.90 Å². The van der Waals surface area contributed by atoms with Gasteiger partial charge in [0.25, 0.3) is 0 Å². The average Bonchev–Trinajstić information content (AvgIpc) is 2.16. The number of carboxylic acids is 1. The summed E-state index contributed by atoms with van der Waals surface area (Å²) in [4.78, 5) is 10.6. The quantitative estimate of drug-likeness (QED) is 0.576. The van der Waals surface area contributed by atoms with Gasteiger partial charge in [0.15, 0.2) is 11.8 Å². The van der Waals surface area contributed by atoms with Gasteiger partial charge in [-0.3, -0.25) is 0 Å². The Morgan fingerprint density at radius 3 is 2.79 bits per heavy atom. The van der Waals surface area contributed by atoms with Gasteiger partial charge in [0.2, 0.25) is 11.9 Å². The summed E-state index contributed by atoms with van der Waals surface area (Å²) >= 11 is 0. The number of carboxylic acid groups (broad SMARTS) is 1. The maximum absolute atomic E-state index is 10.6. The molecule has 0 aliphatic heterocycles. The van der Waals surface area contributed by atoms with E-state index in [0.717, 1.165) is 0 Å². The van der Waals surface area contributed by atoms with Crippen LogP contribution < -0.4 is 9.67 Å². The molecule has 0 bridgehead atoms. The smallest absolute Gasteiger partial charge is 0.211 e. The Morgan fingerprint density at radius 2 is 2.29 bits per heavy atom. The van der Waals surface area contributed by atoms with Crippen molar-refractivity contribution < 1.29 is 24.7 Å². The number of aliphatic hydroxyl groups excluding tert-OH is 1. The normalized spacial score (nSPS) is 12.4. The van der Waals surface area contributed by atoms with Gasteiger partial charge in [-0.05, 0) is 6.07 Å². The Hall–Kier alpha value is -1.62. The predicted octanol–water partition coefficient (Wildman–Crippen LogP) is -1.52. The molecule has 1 aromatic heterocycles. The summed E-state index contributed by atoms with van der Waals surface area (Å²) in [5, 5.41) is 28.7. The molecular formula is C9H11NO4. The molecule has 1 rings (SSSR count). The summed E-state index contributed by atoms with van der Waals surface area (Å²) in [7, 11) is 0. The van der Waals surface area contributed by atoms with Crippen molar-refractivity contribution in [2.24, 2.45) is 0 Å². The highest BCUT2D eigenvalue weighted by Crippen LogP contribution is 2.07. The zero-order chi connectivity index (χ0) is 10.7. The minimum atomic E-state index is -1.27. The van der Waals surface area contributed by atoms with Crippen LogP contribution in [0.15, 0.2) is 18.3 Å². The number of aliphatic hydroxyl groups is 1. The van der Waals surface area contributed by atoms with Gasteiger partial charge in [0.05, 0.1) is 0 Å². The van der Waals surface area contributed by atoms with Crippen molar-refractivity contribution in [3.63, 3.8) is 0 Å². The lowest BCUT2D eigenvalue weighted by Gasteiger charge is -2.10. The van der Waals surface area contributed by atoms with Gasteiger partial charge in [-0.15, -0.1) is 0 Å². The molecule has 0 fully saturated rings. The van der Waals surface area contributed by atoms with Crippen molar-refractivity contribution in [3.05, 3.63) is 24.0 Å². The van der Waals surface area contributed by atoms with Crippen LogP contribution in [-0.2, 0) is 11.4 Å². The third-order valence-electron chi connectivity index (χ3n) is 1.97. The highest BCUT2D eigenvalue weighted by atomic mass is 16.4. The average molecular weight is 197 g/mol. The van der Waals surface area contributed by atoms with Crippen LogP contribution >= 0.6 is 0 Å². The Morgan fingerprint density at radius 1 is 1.64 bits per heavy atom. The van der Waals surface area contributed by atoms with Crippen molar-refractivity contribution in [2.45, 2.75) is 19.6 Å². The first kappa shape index (κ1) is 10.5. The van der Waals surface area contributed by atoms with Crippen LogP contribution in [-0.4, -0.2) is 16.2 Å². The molecule has 5 nitrogen and oxygen atoms in total. The van der Waals surface area contributed by atoms with E-state index in [2.05, 4.69) is 0 Å². The van der Waals surface area contributed by atoms with E-state index in [1.807, 2.05) is 0 Å². The van der Waals surface area contributed by atoms with Gasteiger partial charge in [-0.1, -0.05) is 0 Å². The lowest BCUT2D eigenvalue weighted by atomic mass is 10.2. The number of pyridine rings is 1. The third-order valence-corrected chi connectivity index (χ3v) is 1.97. The summed E-state index contributed by atoms with van der Waals surface area (Å²) < 4.78 is 1.25. The van der Waals surface area contributed by atoms with Gasteiger partial charge in [0.1, 0.15) is 12.6 Å². The molecule has 0 aliphatic rings. The molecule has 0 amide bonds. The maximum Gasteiger partial charge on any atom is 0.211 e. The van der Waals surface area contributed by atoms with E-state index in [1.165, 1.54) is 29.8 Å². The van der Waals surface area contributed by atoms with Gasteiger partial charge >= 0.3 is 0 Å². The summed E-state index contributed by atoms with van der Waals surface area (Å²) in [6, 6.07) is 1.91. The van der Waals surface area contributed by atoms with E-state index in [0.29, 0.717) is 5.69 Å². The molecule has 0 aromatic carbocycles. The molecule has 0 aliphatic carbocycles. The molecule has 0 spiro atoms. The van der Waals surface area contributed by atoms with Crippen molar-refractivity contribution in [2.75, 3.05) is 0 Å². The van der Waals surface area contributed by atoms with Crippen molar-refractivity contribution in [1.29, 1.82) is 0 Å². The number of aromatic hydroxyl groups is 1. The number of hydrogen-bond donors (Lipinski definition) is 2. The minimum Gasteiger partial charge on any atom is -0.543 e. The van der Waals surface area contributed by atoms with E-state index in [-0.39, 0.29) is 12.4 Å². The van der Waals surface area contributed by atoms with Crippen molar-refractivity contribution in [1.82, 2.24) is 0 Å². The van der Waals surface area contributed by atoms with E-state index < -0.39 is 12.0 Å². The molecule has 0 saturated heterocycles. The summed E-state index contributed by atoms with van der Waals surface area (Å²) in [5.74, 6) is -1.33. The van der Waals surface area contributed by atoms with Crippen LogP contribution in [0.5, 0.6) is 5.75 Å². The molecule has 1 atom stereocenters. The SMILES string of the molecule is C[C@H](C(=O)[O-])[n+]1cc(O)ccc1CO. The largest absolute Gasteiger partial charge is 0.543 e. The van der Waals surface area contributed by atoms with Gasteiger partial charge in [0, 0.05) is 13.0 Å². The second-order valence-corrected chi connectivity index (χ2v) is 2.94. The number of carbonyl (C=O) groups excluding carboxylic acids is 1. The van der Waals surface area contributed by atoms with Crippen LogP contribution in [0.25, 0.3) is 0 Å². The Bertz CT molecular complexity index is 351. The van der Waals surface area contributed by atoms with Crippen LogP contribution in [0.4, 0.5) is 0 Å². The van der Waals surface area contributed by atoms with E-state index >= 15 is 0 Å². The second-order valence-electron chi connectivity index (χ2n) is 2.94. The Kier molecular flexibility index (Phi) is 3.03. The van der Waals surface area contributed by atoms with E-state index in [4.69, 9.17) is 10.2 Å². The first-order valence-electron chi connectivity index (χ1n) is 4.11. The monoisotopic (exact) mass is 197 g/mol. The van der Waals surface area contributed by atoms with Crippen LogP contribution in [0.3, 0.4) is 0 Å². The topological polar surface area (TPSA) is 84.5 Å². The zero-order valence-electron chi connectivity index (χ0n) is 7.67. The van der Waals surface area contributed by atoms with Crippen LogP contribution in [0.1, 0.15) is 18.7 Å². The van der Waals surface area contributed by atoms with Crippen molar-refractivity contribution in [3.8, 4) is 5.75 Å². The Balaban J connectivity index is 3.16. The van der Waals surface area contributed by atoms with Gasteiger partial charge < -0.3 is 20.1 Å². The highest BCUT2D eigenvalue weighted by Gasteiger charge is 2.19. The number of rotatable bonds is 3. The fraction of sp³-hybridized carbons (Fsp3) is 0.333. The molecule has 2 N–H and O–H groups in total. The standard InChI is InChI=1S/C9H11NO4/c1-6(9(13)14)10-4-8(12)3-2-7(10)5-11/h2-4,6,11H,5H2,1H3,(H-,12,13,14)/t6-/m1/s1. The molecule has 0 unspecified atom stereocenters. The lowest BCUT2D eigenvalue weighted by Crippen LogP contribution is -2.50. The number of nitrogens with zero attached hydrogens (tertiary/aromatic N) is 1. The predicted molar refractivity (Wildman–Crippen MR) is 43.9 cm³/mol. The molecule has 5 heteroatoms. The van der Waals surface area contributed by atoms with Crippen molar-refractivity contribution >= 4 is 5.97 Å². The summed E-state index contributed by atoms with van der Waals surface area (Å²) in [6.45, 7) is 1.12. The molecule has 76 valence electrons. The van der Waals surface area contributed by atoms with Gasteiger partial charge in [-0.25, -0.2) is 0 Å². The molecule has 1 heterocycles. The molecule has 1 aromatic rings. The first-order chi connectivity index (χ1) is 6.56. The molecule has 0 saturated carbocycles. The number of aromatic nitrogens is 1. The molecule has 14 heavy (non-hydrogen) atoms. The third kappa shape index (κ3) is 2.00. The zero-order valence-corrected chi connectivity index (χ0v) is 7.67. The molecular weight excluding hydrogens is 186 g/mol. The molecule has 0 radical (unpaired) electrons. The van der Waals surface area contributed by atoms with E-state index in [1.54, 1.807) is 0 Å². The van der Waals surface area contributed by atoms with Crippen LogP contribution in [0, 0.1) is 0 Å². The highest BCUT2D eigenvalue weighted by molar-refractivity contribution is 5.66. The maximum atomic E-state index is 10.6. The Labute approximate surface area is 80.9 Å². The number of hydrogen-bond acceptors (Lipinski definition) is 4. The lowest BCUT2D eigenvalue weighted by molar-refractivity contribution is -0.721. The minimum absolute atomic E-state index is 0.0599. The first-order valence-corrected chi connectivity index (χ1v) is 4.11. The summed E-state index contributed by atoms with van der Waals surface area (Å²) in [6.07, 6.45) is 1.24. The van der Waals surface area contributed by atoms with Gasteiger partial charge in [-0.2, -0.15) is 4.57 Å². The summed E-state index contributed by atoms with van der Waals surface area (Å²) in [5.41, 5.74) is 0.402. The number of aliphatic carboxylic acids is 1.